The molecule has 0 amide bonds. The van der Waals surface area contributed by atoms with Crippen molar-refractivity contribution in [2.45, 2.75) is 9.79 Å². The molecule has 26 heteroatoms. The summed E-state index contributed by atoms with van der Waals surface area (Å²) in [5.41, 5.74) is 13.1. The van der Waals surface area contributed by atoms with E-state index in [2.05, 4.69) is 45.6 Å². The molecule has 0 unspecified atom stereocenters. The highest BCUT2D eigenvalue weighted by Crippen LogP contribution is 2.47. The van der Waals surface area contributed by atoms with Crippen molar-refractivity contribution in [1.29, 1.82) is 0 Å². The van der Waals surface area contributed by atoms with Crippen LogP contribution >= 0.6 is 0 Å². The van der Waals surface area contributed by atoms with Gasteiger partial charge < -0.3 is 21.7 Å². The zero-order valence-electron chi connectivity index (χ0n) is 36.3. The Morgan fingerprint density at radius 1 is 0.486 bits per heavy atom. The van der Waals surface area contributed by atoms with E-state index in [4.69, 9.17) is 16.6 Å². The number of carbonyl (C=O) groups excluding carboxylic acids is 2. The number of thiol groups is 1. The largest absolute Gasteiger partial charge is 0.505 e. The number of anilines is 3. The Morgan fingerprint density at radius 2 is 0.944 bits per heavy atom. The highest BCUT2D eigenvalue weighted by molar-refractivity contribution is 7.89. The summed E-state index contributed by atoms with van der Waals surface area (Å²) < 4.78 is 83.0. The number of hydrogen-bond donors (Lipinski definition) is 8. The lowest BCUT2D eigenvalue weighted by Crippen LogP contribution is -2.20. The Morgan fingerprint density at radius 3 is 1.47 bits per heavy atom. The number of carbonyl (C=O) groups is 2. The number of aromatic hydroxyl groups is 2. The summed E-state index contributed by atoms with van der Waals surface area (Å²) in [5.74, 6) is -2.27. The van der Waals surface area contributed by atoms with Crippen LogP contribution in [0.2, 0.25) is 0 Å². The first-order chi connectivity index (χ1) is 34.2. The lowest BCUT2D eigenvalue weighted by Gasteiger charge is -2.17. The molecule has 9 rings (SSSR count). The van der Waals surface area contributed by atoms with Crippen molar-refractivity contribution in [2.75, 3.05) is 16.2 Å². The zero-order chi connectivity index (χ0) is 51.2. The molecule has 23 nitrogen and oxygen atoms in total. The smallest absolute Gasteiger partial charge is 0.296 e. The van der Waals surface area contributed by atoms with Crippen LogP contribution in [0.3, 0.4) is 0 Å². The summed E-state index contributed by atoms with van der Waals surface area (Å²) >= 11 is 0. The van der Waals surface area contributed by atoms with Crippen LogP contribution in [0.5, 0.6) is 11.5 Å². The molecular weight excluding hydrogens is 993 g/mol. The molecule has 0 bridgehead atoms. The molecule has 0 saturated heterocycles. The second kappa shape index (κ2) is 18.6. The van der Waals surface area contributed by atoms with Crippen LogP contribution in [0.1, 0.15) is 31.8 Å². The fraction of sp³-hybridized carbons (Fsp3) is 0. The average Bonchev–Trinajstić information content (AvgIpc) is 3.34. The third kappa shape index (κ3) is 9.43. The van der Waals surface area contributed by atoms with E-state index in [0.29, 0.717) is 16.8 Å². The third-order valence-corrected chi connectivity index (χ3v) is 13.2. The van der Waals surface area contributed by atoms with Gasteiger partial charge in [-0.1, -0.05) is 0 Å². The first kappa shape index (κ1) is 47.8. The monoisotopic (exact) mass is 1020 g/mol. The van der Waals surface area contributed by atoms with Gasteiger partial charge in [0.2, 0.25) is 20.9 Å². The molecule has 10 N–H and O–H groups in total. The molecule has 72 heavy (non-hydrogen) atoms. The molecule has 0 saturated carbocycles. The summed E-state index contributed by atoms with van der Waals surface area (Å²) in [5, 5.41) is 61.3. The Hall–Kier alpha value is -9.21. The molecule has 8 aromatic carbocycles. The summed E-state index contributed by atoms with van der Waals surface area (Å²) in [6.07, 6.45) is 0. The van der Waals surface area contributed by atoms with Crippen LogP contribution in [-0.2, 0) is 31.0 Å². The van der Waals surface area contributed by atoms with Gasteiger partial charge in [0.1, 0.15) is 16.3 Å². The lowest BCUT2D eigenvalue weighted by atomic mass is 9.83. The van der Waals surface area contributed by atoms with E-state index in [1.165, 1.54) is 109 Å². The molecule has 1 aliphatic rings. The SMILES string of the molecule is Nc1ccc(N=Nc2ccc(S(N)(=O)=O)cc2)c2ccc(N=Nc3ccc4c(c3)C(=O)c3ccc(N=Nc5c(S(=O)(=O)O)cc6c(N=Nc7ccc(N[SH](=O)=O)cc7)ccc(N)c6c5O)cc3C4=O)c(O)c12. The van der Waals surface area contributed by atoms with Crippen molar-refractivity contribution in [3.05, 3.63) is 150 Å². The van der Waals surface area contributed by atoms with Gasteiger partial charge in [-0.2, -0.15) is 28.9 Å². The van der Waals surface area contributed by atoms with Gasteiger partial charge >= 0.3 is 0 Å². The van der Waals surface area contributed by atoms with E-state index in [9.17, 15) is 49.6 Å². The van der Waals surface area contributed by atoms with Crippen LogP contribution in [-0.4, -0.2) is 51.6 Å². The molecular formula is C46H32N12O11S3. The van der Waals surface area contributed by atoms with Crippen LogP contribution in [0, 0.1) is 0 Å². The zero-order valence-corrected chi connectivity index (χ0v) is 38.8. The number of hydrogen-bond acceptors (Lipinski definition) is 20. The van der Waals surface area contributed by atoms with Gasteiger partial charge in [0.05, 0.1) is 49.8 Å². The highest BCUT2D eigenvalue weighted by atomic mass is 32.2. The maximum Gasteiger partial charge on any atom is 0.296 e. The molecule has 8 aromatic rings. The maximum absolute atomic E-state index is 13.9. The number of primary sulfonamides is 1. The quantitative estimate of drug-likeness (QED) is 0.0245. The standard InChI is InChI=1S/C46H32N12O11S3/c47-34-14-17-36(54-51-23-5-9-27(10-6-23)71(49,65)66)30-13-16-38(45(61)40(30)34)56-52-25-7-11-28-31(19-25)43(59)29-12-8-26(20-32(29)44(28)60)53-57-42-39(72(67,68)69)21-33-37(18-15-35(48)41(33)46(42)62)55-50-22-1-3-24(4-2-22)58-70(63)64/h1-21,61-62,70H,47-48H2,(H2,49,65,66)(H,58,63,64)(H,67,68,69). The molecule has 0 radical (unpaired) electrons. The Bertz CT molecular complexity index is 4080. The van der Waals surface area contributed by atoms with Gasteiger partial charge in [-0.25, -0.2) is 22.0 Å². The van der Waals surface area contributed by atoms with Gasteiger partial charge in [0.15, 0.2) is 23.1 Å². The lowest BCUT2D eigenvalue weighted by molar-refractivity contribution is 0.0979. The number of rotatable bonds is 12. The van der Waals surface area contributed by atoms with Crippen LogP contribution in [0.25, 0.3) is 21.5 Å². The summed E-state index contributed by atoms with van der Waals surface area (Å²) in [6, 6.07) is 29.1. The van der Waals surface area contributed by atoms with E-state index in [1.54, 1.807) is 12.1 Å². The number of sulfonamides is 1. The molecule has 0 spiro atoms. The summed E-state index contributed by atoms with van der Waals surface area (Å²) in [7, 11) is -11.9. The first-order valence-corrected chi connectivity index (χ1v) is 24.7. The third-order valence-electron chi connectivity index (χ3n) is 11.0. The molecule has 0 aliphatic heterocycles. The normalized spacial score (nSPS) is 13.1. The molecule has 0 heterocycles. The van der Waals surface area contributed by atoms with E-state index in [-0.39, 0.29) is 94.6 Å². The van der Waals surface area contributed by atoms with Crippen molar-refractivity contribution < 1.29 is 49.6 Å². The Kier molecular flexibility index (Phi) is 12.4. The molecule has 0 fully saturated rings. The van der Waals surface area contributed by atoms with E-state index >= 15 is 0 Å². The van der Waals surface area contributed by atoms with Gasteiger partial charge in [-0.3, -0.25) is 18.9 Å². The summed E-state index contributed by atoms with van der Waals surface area (Å²) in [4.78, 5) is 26.7. The predicted molar refractivity (Wildman–Crippen MR) is 265 cm³/mol. The number of nitrogens with one attached hydrogen (secondary N) is 1. The van der Waals surface area contributed by atoms with Crippen LogP contribution in [0.4, 0.5) is 62.6 Å². The fourth-order valence-corrected chi connectivity index (χ4v) is 9.07. The van der Waals surface area contributed by atoms with Gasteiger partial charge in [0.25, 0.3) is 10.1 Å². The van der Waals surface area contributed by atoms with Crippen molar-refractivity contribution in [3.8, 4) is 11.5 Å². The number of ketones is 2. The Labute approximate surface area is 407 Å². The molecule has 1 aliphatic carbocycles. The molecule has 0 aromatic heterocycles. The number of azo groups is 4. The van der Waals surface area contributed by atoms with Crippen molar-refractivity contribution in [1.82, 2.24) is 0 Å². The van der Waals surface area contributed by atoms with Gasteiger partial charge in [0, 0.05) is 50.1 Å². The topological polar surface area (TPSA) is 386 Å². The first-order valence-electron chi connectivity index (χ1n) is 20.5. The van der Waals surface area contributed by atoms with Crippen molar-refractivity contribution in [3.63, 3.8) is 0 Å². The van der Waals surface area contributed by atoms with Crippen molar-refractivity contribution in [2.24, 2.45) is 46.1 Å². The summed E-state index contributed by atoms with van der Waals surface area (Å²) in [6.45, 7) is 0. The average molecular weight is 1030 g/mol. The number of nitrogens with two attached hydrogens (primary N) is 3. The van der Waals surface area contributed by atoms with Gasteiger partial charge in [-0.05, 0) is 127 Å². The number of phenolic OH excluding ortho intramolecular Hbond substituents is 2. The molecule has 360 valence electrons. The minimum atomic E-state index is -5.11. The second-order valence-electron chi connectivity index (χ2n) is 15.5. The minimum Gasteiger partial charge on any atom is -0.505 e. The Balaban J connectivity index is 0.967. The second-order valence-corrected chi connectivity index (χ2v) is 19.2. The number of phenols is 2. The number of benzene rings is 8. The van der Waals surface area contributed by atoms with E-state index in [1.807, 2.05) is 0 Å². The highest BCUT2D eigenvalue weighted by Gasteiger charge is 2.31. The fourth-order valence-electron chi connectivity index (χ4n) is 7.55. The molecule has 0 atom stereocenters. The van der Waals surface area contributed by atoms with E-state index < -0.39 is 58.9 Å². The number of nitrogens with zero attached hydrogens (tertiary/aromatic N) is 8. The van der Waals surface area contributed by atoms with E-state index in [0.717, 1.165) is 6.07 Å². The maximum atomic E-state index is 13.9. The van der Waals surface area contributed by atoms with Crippen LogP contribution < -0.4 is 21.3 Å². The predicted octanol–water partition coefficient (Wildman–Crippen LogP) is 9.84. The van der Waals surface area contributed by atoms with Crippen molar-refractivity contribution >= 4 is 127 Å². The minimum absolute atomic E-state index is 0.000127. The number of fused-ring (bicyclic) bond motifs is 4. The van der Waals surface area contributed by atoms with Gasteiger partial charge in [-0.15, -0.1) is 20.5 Å². The van der Waals surface area contributed by atoms with Crippen LogP contribution in [0.15, 0.2) is 178 Å². The number of nitrogen functional groups attached to an aromatic ring is 2.